The largest absolute Gasteiger partial charge is 0.464 e. The highest BCUT2D eigenvalue weighted by atomic mass is 16.5. The summed E-state index contributed by atoms with van der Waals surface area (Å²) in [6.45, 7) is 7.21. The van der Waals surface area contributed by atoms with Crippen LogP contribution in [0.1, 0.15) is 57.6 Å². The number of carbonyl (C=O) groups excluding carboxylic acids is 1. The molecule has 0 aliphatic carbocycles. The Balaban J connectivity index is 2.68. The van der Waals surface area contributed by atoms with Crippen LogP contribution in [0.2, 0.25) is 0 Å². The predicted molar refractivity (Wildman–Crippen MR) is 88.8 cm³/mol. The number of esters is 1. The van der Waals surface area contributed by atoms with E-state index in [0.717, 1.165) is 44.2 Å². The van der Waals surface area contributed by atoms with Gasteiger partial charge >= 0.3 is 5.97 Å². The second-order valence-corrected chi connectivity index (χ2v) is 5.38. The molecule has 1 N–H and O–H groups in total. The molecule has 1 rings (SSSR count). The van der Waals surface area contributed by atoms with E-state index in [-0.39, 0.29) is 12.5 Å². The topological polar surface area (TPSA) is 38.3 Å². The van der Waals surface area contributed by atoms with Gasteiger partial charge in [-0.2, -0.15) is 0 Å². The highest BCUT2D eigenvalue weighted by Gasteiger charge is 2.09. The Labute approximate surface area is 129 Å². The molecule has 0 heterocycles. The molecule has 0 saturated heterocycles. The number of para-hydroxylation sites is 1. The fraction of sp³-hybridized carbons (Fsp3) is 0.611. The van der Waals surface area contributed by atoms with Crippen LogP contribution in [0.25, 0.3) is 0 Å². The number of carbonyl (C=O) groups is 1. The fourth-order valence-corrected chi connectivity index (χ4v) is 2.38. The molecule has 0 bridgehead atoms. The number of rotatable bonds is 10. The minimum Gasteiger partial charge on any atom is -0.464 e. The summed E-state index contributed by atoms with van der Waals surface area (Å²) in [6.07, 6.45) is 6.24. The van der Waals surface area contributed by atoms with Crippen LogP contribution < -0.4 is 5.32 Å². The lowest BCUT2D eigenvalue weighted by Crippen LogP contribution is -2.19. The van der Waals surface area contributed by atoms with E-state index in [1.54, 1.807) is 0 Å². The molecule has 0 amide bonds. The third kappa shape index (κ3) is 6.19. The van der Waals surface area contributed by atoms with Crippen molar-refractivity contribution in [1.29, 1.82) is 0 Å². The van der Waals surface area contributed by atoms with Gasteiger partial charge in [0.1, 0.15) is 6.54 Å². The summed E-state index contributed by atoms with van der Waals surface area (Å²) in [4.78, 5) is 11.7. The van der Waals surface area contributed by atoms with E-state index < -0.39 is 0 Å². The summed E-state index contributed by atoms with van der Waals surface area (Å²) in [5, 5.41) is 3.30. The highest BCUT2D eigenvalue weighted by molar-refractivity contribution is 5.76. The molecule has 21 heavy (non-hydrogen) atoms. The minimum absolute atomic E-state index is 0.169. The van der Waals surface area contributed by atoms with Crippen LogP contribution in [0, 0.1) is 0 Å². The normalized spacial score (nSPS) is 10.4. The molecule has 0 atom stereocenters. The SMILES string of the molecule is CCCCOC(=O)CNc1c(CCC)cccc1CCC. The maximum atomic E-state index is 11.7. The maximum Gasteiger partial charge on any atom is 0.325 e. The Morgan fingerprint density at radius 2 is 1.67 bits per heavy atom. The van der Waals surface area contributed by atoms with Crippen LogP contribution in [0.5, 0.6) is 0 Å². The minimum atomic E-state index is -0.169. The van der Waals surface area contributed by atoms with Crippen LogP contribution in [-0.4, -0.2) is 19.1 Å². The monoisotopic (exact) mass is 291 g/mol. The quantitative estimate of drug-likeness (QED) is 0.514. The number of ether oxygens (including phenoxy) is 1. The number of anilines is 1. The van der Waals surface area contributed by atoms with Crippen LogP contribution in [0.4, 0.5) is 5.69 Å². The van der Waals surface area contributed by atoms with Crippen molar-refractivity contribution in [1.82, 2.24) is 0 Å². The van der Waals surface area contributed by atoms with E-state index >= 15 is 0 Å². The molecule has 1 aromatic carbocycles. The van der Waals surface area contributed by atoms with Gasteiger partial charge in [-0.1, -0.05) is 58.2 Å². The van der Waals surface area contributed by atoms with Crippen LogP contribution in [-0.2, 0) is 22.4 Å². The molecule has 3 nitrogen and oxygen atoms in total. The molecule has 0 aliphatic heterocycles. The molecule has 0 saturated carbocycles. The average molecular weight is 291 g/mol. The molecule has 0 radical (unpaired) electrons. The molecule has 1 aromatic rings. The number of nitrogens with one attached hydrogen (secondary N) is 1. The number of benzene rings is 1. The standard InChI is InChI=1S/C18H29NO2/c1-4-7-13-21-17(20)14-19-18-15(9-5-2)11-8-12-16(18)10-6-3/h8,11-12,19H,4-7,9-10,13-14H2,1-3H3. The Bertz CT molecular complexity index is 405. The van der Waals surface area contributed by atoms with E-state index in [4.69, 9.17) is 4.74 Å². The maximum absolute atomic E-state index is 11.7. The fourth-order valence-electron chi connectivity index (χ4n) is 2.38. The van der Waals surface area contributed by atoms with Crippen molar-refractivity contribution in [3.8, 4) is 0 Å². The first-order valence-electron chi connectivity index (χ1n) is 8.23. The van der Waals surface area contributed by atoms with Gasteiger partial charge in [0.15, 0.2) is 0 Å². The first-order chi connectivity index (χ1) is 10.2. The smallest absolute Gasteiger partial charge is 0.325 e. The van der Waals surface area contributed by atoms with Gasteiger partial charge in [0.25, 0.3) is 0 Å². The van der Waals surface area contributed by atoms with Gasteiger partial charge in [0.05, 0.1) is 6.61 Å². The van der Waals surface area contributed by atoms with Crippen molar-refractivity contribution in [2.45, 2.75) is 59.3 Å². The molecule has 0 aliphatic rings. The summed E-state index contributed by atoms with van der Waals surface area (Å²) in [7, 11) is 0. The van der Waals surface area contributed by atoms with E-state index in [0.29, 0.717) is 6.61 Å². The third-order valence-corrected chi connectivity index (χ3v) is 3.45. The van der Waals surface area contributed by atoms with E-state index in [1.807, 2.05) is 0 Å². The molecule has 0 fully saturated rings. The van der Waals surface area contributed by atoms with E-state index in [2.05, 4.69) is 44.3 Å². The highest BCUT2D eigenvalue weighted by Crippen LogP contribution is 2.24. The zero-order chi connectivity index (χ0) is 15.5. The molecule has 118 valence electrons. The van der Waals surface area contributed by atoms with Crippen LogP contribution in [0.15, 0.2) is 18.2 Å². The number of hydrogen-bond donors (Lipinski definition) is 1. The Kier molecular flexibility index (Phi) is 8.56. The van der Waals surface area contributed by atoms with Gasteiger partial charge < -0.3 is 10.1 Å². The summed E-state index contributed by atoms with van der Waals surface area (Å²) in [6, 6.07) is 6.40. The van der Waals surface area contributed by atoms with Gasteiger partial charge in [0.2, 0.25) is 0 Å². The van der Waals surface area contributed by atoms with Crippen LogP contribution >= 0.6 is 0 Å². The number of hydrogen-bond acceptors (Lipinski definition) is 3. The molecular formula is C18H29NO2. The van der Waals surface area contributed by atoms with Crippen molar-refractivity contribution < 1.29 is 9.53 Å². The van der Waals surface area contributed by atoms with Crippen molar-refractivity contribution in [3.63, 3.8) is 0 Å². The molecule has 0 aromatic heterocycles. The van der Waals surface area contributed by atoms with Gasteiger partial charge in [-0.25, -0.2) is 0 Å². The van der Waals surface area contributed by atoms with Crippen LogP contribution in [0.3, 0.4) is 0 Å². The molecule has 0 unspecified atom stereocenters. The zero-order valence-electron chi connectivity index (χ0n) is 13.7. The van der Waals surface area contributed by atoms with Gasteiger partial charge in [-0.3, -0.25) is 4.79 Å². The first kappa shape index (κ1) is 17.5. The predicted octanol–water partition coefficient (Wildman–Crippen LogP) is 4.35. The van der Waals surface area contributed by atoms with E-state index in [1.165, 1.54) is 11.1 Å². The third-order valence-electron chi connectivity index (χ3n) is 3.45. The number of unbranched alkanes of at least 4 members (excludes halogenated alkanes) is 1. The molecule has 0 spiro atoms. The Morgan fingerprint density at radius 1 is 1.05 bits per heavy atom. The second kappa shape index (κ2) is 10.3. The molecule has 3 heteroatoms. The first-order valence-corrected chi connectivity index (χ1v) is 8.23. The summed E-state index contributed by atoms with van der Waals surface area (Å²) >= 11 is 0. The Hall–Kier alpha value is -1.51. The van der Waals surface area contributed by atoms with Crippen molar-refractivity contribution >= 4 is 11.7 Å². The number of aryl methyl sites for hydroxylation is 2. The Morgan fingerprint density at radius 3 is 2.19 bits per heavy atom. The lowest BCUT2D eigenvalue weighted by Gasteiger charge is -2.16. The van der Waals surface area contributed by atoms with Crippen molar-refractivity contribution in [2.75, 3.05) is 18.5 Å². The lowest BCUT2D eigenvalue weighted by molar-refractivity contribution is -0.141. The summed E-state index contributed by atoms with van der Waals surface area (Å²) < 4.78 is 5.20. The van der Waals surface area contributed by atoms with Crippen molar-refractivity contribution in [3.05, 3.63) is 29.3 Å². The lowest BCUT2D eigenvalue weighted by atomic mass is 10.00. The molecular weight excluding hydrogens is 262 g/mol. The van der Waals surface area contributed by atoms with Gasteiger partial charge in [-0.15, -0.1) is 0 Å². The summed E-state index contributed by atoms with van der Waals surface area (Å²) in [5.74, 6) is -0.169. The van der Waals surface area contributed by atoms with Gasteiger partial charge in [0, 0.05) is 5.69 Å². The van der Waals surface area contributed by atoms with E-state index in [9.17, 15) is 4.79 Å². The second-order valence-electron chi connectivity index (χ2n) is 5.38. The zero-order valence-corrected chi connectivity index (χ0v) is 13.7. The average Bonchev–Trinajstić information content (AvgIpc) is 2.47. The van der Waals surface area contributed by atoms with Gasteiger partial charge in [-0.05, 0) is 30.4 Å². The summed E-state index contributed by atoms with van der Waals surface area (Å²) in [5.41, 5.74) is 3.73. The van der Waals surface area contributed by atoms with Crippen molar-refractivity contribution in [2.24, 2.45) is 0 Å².